The highest BCUT2D eigenvalue weighted by Crippen LogP contribution is 2.18. The van der Waals surface area contributed by atoms with Crippen molar-refractivity contribution in [3.8, 4) is 5.75 Å². The number of benzene rings is 1. The van der Waals surface area contributed by atoms with Gasteiger partial charge in [0.05, 0.1) is 6.26 Å². The third-order valence-electron chi connectivity index (χ3n) is 1.31. The van der Waals surface area contributed by atoms with Crippen LogP contribution in [-0.2, 0) is 20.5 Å². The van der Waals surface area contributed by atoms with Crippen LogP contribution in [0.5, 0.6) is 5.75 Å². The minimum absolute atomic E-state index is 0.342. The Morgan fingerprint density at radius 3 is 1.89 bits per heavy atom. The van der Waals surface area contributed by atoms with Gasteiger partial charge in [-0.1, -0.05) is 12.1 Å². The van der Waals surface area contributed by atoms with Crippen LogP contribution in [0.1, 0.15) is 10.4 Å². The molecule has 9 nitrogen and oxygen atoms in total. The molecular weight excluding hydrogens is 304 g/mol. The second-order valence-corrected chi connectivity index (χ2v) is 5.53. The van der Waals surface area contributed by atoms with E-state index in [1.165, 1.54) is 12.1 Å². The summed E-state index contributed by atoms with van der Waals surface area (Å²) in [6.07, 6.45) is 0.715. The molecule has 0 heterocycles. The molecule has 1 aromatic rings. The van der Waals surface area contributed by atoms with E-state index in [0.29, 0.717) is 6.26 Å². The third kappa shape index (κ3) is 9.96. The largest absolute Gasteiger partial charge is 0.478 e. The number of para-hydroxylation sites is 1. The van der Waals surface area contributed by atoms with Gasteiger partial charge < -0.3 is 9.29 Å². The van der Waals surface area contributed by atoms with Crippen molar-refractivity contribution >= 4 is 26.5 Å². The molecule has 0 fully saturated rings. The lowest BCUT2D eigenvalue weighted by Gasteiger charge is -2.03. The van der Waals surface area contributed by atoms with Gasteiger partial charge in [-0.25, -0.2) is 4.79 Å². The minimum atomic E-state index is -4.70. The maximum absolute atomic E-state index is 10.6. The molecule has 3 N–H and O–H groups in total. The number of aromatic carboxylic acids is 1. The minimum Gasteiger partial charge on any atom is -0.478 e. The van der Waals surface area contributed by atoms with E-state index in [2.05, 4.69) is 4.18 Å². The van der Waals surface area contributed by atoms with Gasteiger partial charge in [0, 0.05) is 0 Å². The van der Waals surface area contributed by atoms with Gasteiger partial charge in [0.1, 0.15) is 5.56 Å². The van der Waals surface area contributed by atoms with E-state index in [1.54, 1.807) is 0 Å². The standard InChI is InChI=1S/C7H6O6S.CH4O3S/c8-7(9)5-3-1-2-4-6(5)13-14(10,11)12;1-5(2,3)4/h1-4H,(H,8,9)(H,10,11,12);1H3,(H,2,3,4). The molecule has 0 saturated carbocycles. The zero-order valence-corrected chi connectivity index (χ0v) is 11.1. The maximum Gasteiger partial charge on any atom is 0.446 e. The number of carboxylic acid groups (broad SMARTS) is 1. The van der Waals surface area contributed by atoms with Crippen LogP contribution in [0.15, 0.2) is 24.3 Å². The molecule has 11 heteroatoms. The maximum atomic E-state index is 10.6. The zero-order chi connectivity index (χ0) is 15.3. The number of carbonyl (C=O) groups is 1. The Balaban J connectivity index is 0.000000555. The smallest absolute Gasteiger partial charge is 0.446 e. The Bertz CT molecular complexity index is 637. The molecule has 0 aliphatic carbocycles. The topological polar surface area (TPSA) is 155 Å². The summed E-state index contributed by atoms with van der Waals surface area (Å²) >= 11 is 0. The fourth-order valence-corrected chi connectivity index (χ4v) is 1.20. The second kappa shape index (κ2) is 6.47. The van der Waals surface area contributed by atoms with Crippen molar-refractivity contribution in [2.24, 2.45) is 0 Å². The Kier molecular flexibility index (Phi) is 5.89. The molecule has 0 aliphatic rings. The van der Waals surface area contributed by atoms with Crippen LogP contribution in [0.2, 0.25) is 0 Å². The fourth-order valence-electron chi connectivity index (χ4n) is 0.829. The van der Waals surface area contributed by atoms with Gasteiger partial charge in [-0.05, 0) is 12.1 Å². The quantitative estimate of drug-likeness (QED) is 0.657. The summed E-state index contributed by atoms with van der Waals surface area (Å²) in [6, 6.07) is 5.06. The van der Waals surface area contributed by atoms with Crippen molar-refractivity contribution in [1.29, 1.82) is 0 Å². The molecule has 0 atom stereocenters. The van der Waals surface area contributed by atoms with E-state index >= 15 is 0 Å². The van der Waals surface area contributed by atoms with Crippen LogP contribution in [0.3, 0.4) is 0 Å². The van der Waals surface area contributed by atoms with E-state index in [-0.39, 0.29) is 5.56 Å². The van der Waals surface area contributed by atoms with Crippen molar-refractivity contribution < 1.29 is 40.0 Å². The van der Waals surface area contributed by atoms with Crippen LogP contribution in [0.4, 0.5) is 0 Å². The molecule has 0 unspecified atom stereocenters. The van der Waals surface area contributed by atoms with Crippen molar-refractivity contribution in [2.45, 2.75) is 0 Å². The van der Waals surface area contributed by atoms with Crippen LogP contribution in [0.25, 0.3) is 0 Å². The van der Waals surface area contributed by atoms with Crippen LogP contribution in [-0.4, -0.2) is 43.3 Å². The highest BCUT2D eigenvalue weighted by Gasteiger charge is 2.15. The van der Waals surface area contributed by atoms with Gasteiger partial charge in [0.2, 0.25) is 0 Å². The molecule has 0 spiro atoms. The predicted octanol–water partition coefficient (Wildman–Crippen LogP) is 0.0704. The first-order chi connectivity index (χ1) is 8.40. The summed E-state index contributed by atoms with van der Waals surface area (Å²) in [5.41, 5.74) is -0.342. The molecule has 108 valence electrons. The molecule has 0 aliphatic heterocycles. The molecule has 1 rings (SSSR count). The first-order valence-corrected chi connectivity index (χ1v) is 7.53. The van der Waals surface area contributed by atoms with E-state index in [0.717, 1.165) is 12.1 Å². The molecular formula is C8H10O9S2. The highest BCUT2D eigenvalue weighted by atomic mass is 32.3. The molecule has 0 aromatic heterocycles. The normalized spacial score (nSPS) is 11.1. The Morgan fingerprint density at radius 2 is 1.53 bits per heavy atom. The van der Waals surface area contributed by atoms with Gasteiger partial charge in [-0.15, -0.1) is 0 Å². The molecule has 0 bridgehead atoms. The molecule has 1 aromatic carbocycles. The summed E-state index contributed by atoms with van der Waals surface area (Å²) in [5, 5.41) is 8.61. The summed E-state index contributed by atoms with van der Waals surface area (Å²) in [4.78, 5) is 10.6. The van der Waals surface area contributed by atoms with Gasteiger partial charge in [0.25, 0.3) is 10.1 Å². The lowest BCUT2D eigenvalue weighted by atomic mass is 10.2. The Labute approximate surface area is 109 Å². The Morgan fingerprint density at radius 1 is 1.11 bits per heavy atom. The van der Waals surface area contributed by atoms with Gasteiger partial charge in [0.15, 0.2) is 5.75 Å². The van der Waals surface area contributed by atoms with E-state index in [4.69, 9.17) is 14.2 Å². The fraction of sp³-hybridized carbons (Fsp3) is 0.125. The lowest BCUT2D eigenvalue weighted by molar-refractivity contribution is 0.0695. The van der Waals surface area contributed by atoms with Crippen molar-refractivity contribution in [1.82, 2.24) is 0 Å². The summed E-state index contributed by atoms with van der Waals surface area (Å²) in [7, 11) is -8.36. The van der Waals surface area contributed by atoms with Gasteiger partial charge in [-0.2, -0.15) is 16.8 Å². The van der Waals surface area contributed by atoms with Crippen molar-refractivity contribution in [3.63, 3.8) is 0 Å². The van der Waals surface area contributed by atoms with Crippen LogP contribution >= 0.6 is 0 Å². The average Bonchev–Trinajstić information content (AvgIpc) is 2.12. The average molecular weight is 314 g/mol. The van der Waals surface area contributed by atoms with Crippen LogP contribution in [0, 0.1) is 0 Å². The SMILES string of the molecule is CS(=O)(=O)O.O=C(O)c1ccccc1OS(=O)(=O)O. The first-order valence-electron chi connectivity index (χ1n) is 4.32. The van der Waals surface area contributed by atoms with Crippen molar-refractivity contribution in [3.05, 3.63) is 29.8 Å². The van der Waals surface area contributed by atoms with E-state index in [9.17, 15) is 21.6 Å². The van der Waals surface area contributed by atoms with Gasteiger partial charge in [-0.3, -0.25) is 9.11 Å². The second-order valence-electron chi connectivity index (χ2n) is 3.05. The van der Waals surface area contributed by atoms with E-state index in [1.807, 2.05) is 0 Å². The predicted molar refractivity (Wildman–Crippen MR) is 63.1 cm³/mol. The van der Waals surface area contributed by atoms with Crippen molar-refractivity contribution in [2.75, 3.05) is 6.26 Å². The Hall–Kier alpha value is -1.69. The summed E-state index contributed by atoms with van der Waals surface area (Å²) in [5.74, 6) is -1.77. The molecule has 19 heavy (non-hydrogen) atoms. The highest BCUT2D eigenvalue weighted by molar-refractivity contribution is 7.85. The molecule has 0 radical (unpaired) electrons. The number of hydrogen-bond donors (Lipinski definition) is 3. The molecule has 0 amide bonds. The molecule has 0 saturated heterocycles. The zero-order valence-electron chi connectivity index (χ0n) is 9.42. The number of rotatable bonds is 3. The summed E-state index contributed by atoms with van der Waals surface area (Å²) < 4.78 is 58.9. The van der Waals surface area contributed by atoms with Gasteiger partial charge >= 0.3 is 16.4 Å². The number of carboxylic acids is 1. The summed E-state index contributed by atoms with van der Waals surface area (Å²) in [6.45, 7) is 0. The third-order valence-corrected chi connectivity index (χ3v) is 1.70. The van der Waals surface area contributed by atoms with E-state index < -0.39 is 32.2 Å². The number of hydrogen-bond acceptors (Lipinski definition) is 6. The monoisotopic (exact) mass is 314 g/mol. The van der Waals surface area contributed by atoms with Crippen LogP contribution < -0.4 is 4.18 Å². The lowest BCUT2D eigenvalue weighted by Crippen LogP contribution is -2.10. The first kappa shape index (κ1) is 17.3.